The Morgan fingerprint density at radius 1 is 1.24 bits per heavy atom. The predicted octanol–water partition coefficient (Wildman–Crippen LogP) is 2.64. The number of rotatable bonds is 8. The monoisotopic (exact) mass is 289 g/mol. The number of hydrogen-bond donors (Lipinski definition) is 1. The van der Waals surface area contributed by atoms with E-state index >= 15 is 0 Å². The predicted molar refractivity (Wildman–Crippen MR) is 82.8 cm³/mol. The van der Waals surface area contributed by atoms with Gasteiger partial charge in [0.2, 0.25) is 0 Å². The minimum Gasteiger partial charge on any atom is -0.493 e. The van der Waals surface area contributed by atoms with Gasteiger partial charge < -0.3 is 19.4 Å². The van der Waals surface area contributed by atoms with Crippen LogP contribution in [0.2, 0.25) is 0 Å². The summed E-state index contributed by atoms with van der Waals surface area (Å²) in [5, 5.41) is 3.57. The SMILES string of the molecule is CCCNC(Cn1ccnc1)c1ccc(OC)c(OC)c1. The van der Waals surface area contributed by atoms with Crippen LogP contribution >= 0.6 is 0 Å². The van der Waals surface area contributed by atoms with Crippen LogP contribution in [0.5, 0.6) is 11.5 Å². The molecule has 0 saturated carbocycles. The van der Waals surface area contributed by atoms with E-state index in [2.05, 4.69) is 27.9 Å². The van der Waals surface area contributed by atoms with Gasteiger partial charge in [-0.25, -0.2) is 4.98 Å². The second-order valence-electron chi connectivity index (χ2n) is 4.88. The standard InChI is InChI=1S/C16H23N3O2/c1-4-7-18-14(11-19-9-8-17-12-19)13-5-6-15(20-2)16(10-13)21-3/h5-6,8-10,12,14,18H,4,7,11H2,1-3H3. The molecule has 0 aliphatic rings. The Kier molecular flexibility index (Phi) is 5.63. The number of nitrogens with one attached hydrogen (secondary N) is 1. The first-order valence-corrected chi connectivity index (χ1v) is 7.19. The number of methoxy groups -OCH3 is 2. The molecule has 0 aliphatic heterocycles. The molecule has 1 atom stereocenters. The molecule has 0 aliphatic carbocycles. The Bertz CT molecular complexity index is 540. The molecule has 5 heteroatoms. The highest BCUT2D eigenvalue weighted by molar-refractivity contribution is 5.43. The molecule has 0 spiro atoms. The molecule has 0 saturated heterocycles. The summed E-state index contributed by atoms with van der Waals surface area (Å²) in [5.41, 5.74) is 1.18. The highest BCUT2D eigenvalue weighted by Gasteiger charge is 2.14. The van der Waals surface area contributed by atoms with Gasteiger partial charge in [0.05, 0.1) is 26.6 Å². The van der Waals surface area contributed by atoms with Crippen LogP contribution < -0.4 is 14.8 Å². The van der Waals surface area contributed by atoms with Crippen LogP contribution in [0.3, 0.4) is 0 Å². The van der Waals surface area contributed by atoms with Crippen molar-refractivity contribution in [3.05, 3.63) is 42.5 Å². The summed E-state index contributed by atoms with van der Waals surface area (Å²) in [6, 6.07) is 6.26. The molecule has 0 amide bonds. The van der Waals surface area contributed by atoms with Gasteiger partial charge in [0, 0.05) is 18.9 Å². The largest absolute Gasteiger partial charge is 0.493 e. The molecule has 1 aromatic carbocycles. The van der Waals surface area contributed by atoms with Crippen LogP contribution in [0.25, 0.3) is 0 Å². The van der Waals surface area contributed by atoms with E-state index in [0.717, 1.165) is 31.0 Å². The normalized spacial score (nSPS) is 12.1. The van der Waals surface area contributed by atoms with Gasteiger partial charge in [0.1, 0.15) is 0 Å². The fraction of sp³-hybridized carbons (Fsp3) is 0.438. The fourth-order valence-corrected chi connectivity index (χ4v) is 2.28. The molecule has 2 aromatic rings. The molecule has 1 aromatic heterocycles. The van der Waals surface area contributed by atoms with E-state index in [1.54, 1.807) is 20.4 Å². The van der Waals surface area contributed by atoms with E-state index in [-0.39, 0.29) is 6.04 Å². The van der Waals surface area contributed by atoms with Gasteiger partial charge in [-0.2, -0.15) is 0 Å². The lowest BCUT2D eigenvalue weighted by Crippen LogP contribution is -2.26. The molecule has 21 heavy (non-hydrogen) atoms. The van der Waals surface area contributed by atoms with E-state index in [0.29, 0.717) is 0 Å². The lowest BCUT2D eigenvalue weighted by molar-refractivity contribution is 0.353. The summed E-state index contributed by atoms with van der Waals surface area (Å²) in [6.07, 6.45) is 6.70. The Hall–Kier alpha value is -2.01. The number of aromatic nitrogens is 2. The third-order valence-corrected chi connectivity index (χ3v) is 3.40. The lowest BCUT2D eigenvalue weighted by Gasteiger charge is -2.21. The van der Waals surface area contributed by atoms with Gasteiger partial charge in [0.25, 0.3) is 0 Å². The summed E-state index contributed by atoms with van der Waals surface area (Å²) in [6.45, 7) is 3.96. The summed E-state index contributed by atoms with van der Waals surface area (Å²) >= 11 is 0. The van der Waals surface area contributed by atoms with Crippen molar-refractivity contribution in [2.75, 3.05) is 20.8 Å². The summed E-state index contributed by atoms with van der Waals surface area (Å²) in [5.74, 6) is 1.50. The van der Waals surface area contributed by atoms with Gasteiger partial charge in [-0.1, -0.05) is 13.0 Å². The zero-order valence-electron chi connectivity index (χ0n) is 12.9. The summed E-state index contributed by atoms with van der Waals surface area (Å²) < 4.78 is 12.8. The molecule has 0 bridgehead atoms. The van der Waals surface area contributed by atoms with Gasteiger partial charge in [-0.3, -0.25) is 0 Å². The van der Waals surface area contributed by atoms with Crippen molar-refractivity contribution >= 4 is 0 Å². The first kappa shape index (κ1) is 15.4. The van der Waals surface area contributed by atoms with E-state index in [4.69, 9.17) is 9.47 Å². The quantitative estimate of drug-likeness (QED) is 0.811. The van der Waals surface area contributed by atoms with E-state index in [1.807, 2.05) is 24.7 Å². The van der Waals surface area contributed by atoms with Gasteiger partial charge >= 0.3 is 0 Å². The smallest absolute Gasteiger partial charge is 0.161 e. The minimum absolute atomic E-state index is 0.207. The van der Waals surface area contributed by atoms with Crippen molar-refractivity contribution in [2.45, 2.75) is 25.9 Å². The average molecular weight is 289 g/mol. The van der Waals surface area contributed by atoms with Crippen molar-refractivity contribution in [3.8, 4) is 11.5 Å². The Morgan fingerprint density at radius 3 is 2.67 bits per heavy atom. The maximum Gasteiger partial charge on any atom is 0.161 e. The second-order valence-corrected chi connectivity index (χ2v) is 4.88. The van der Waals surface area contributed by atoms with Crippen LogP contribution in [0.4, 0.5) is 0 Å². The van der Waals surface area contributed by atoms with Crippen molar-refractivity contribution in [2.24, 2.45) is 0 Å². The topological polar surface area (TPSA) is 48.3 Å². The van der Waals surface area contributed by atoms with Crippen molar-refractivity contribution in [1.29, 1.82) is 0 Å². The van der Waals surface area contributed by atoms with Crippen LogP contribution in [0.15, 0.2) is 36.9 Å². The van der Waals surface area contributed by atoms with E-state index in [1.165, 1.54) is 5.56 Å². The van der Waals surface area contributed by atoms with Crippen molar-refractivity contribution in [3.63, 3.8) is 0 Å². The van der Waals surface area contributed by atoms with Crippen LogP contribution in [0, 0.1) is 0 Å². The maximum absolute atomic E-state index is 5.39. The number of benzene rings is 1. The van der Waals surface area contributed by atoms with Gasteiger partial charge in [-0.05, 0) is 30.7 Å². The maximum atomic E-state index is 5.39. The number of imidazole rings is 1. The molecule has 0 fully saturated rings. The van der Waals surface area contributed by atoms with Gasteiger partial charge in [-0.15, -0.1) is 0 Å². The molecule has 1 unspecified atom stereocenters. The molecular formula is C16H23N3O2. The third kappa shape index (κ3) is 3.98. The molecule has 5 nitrogen and oxygen atoms in total. The number of hydrogen-bond acceptors (Lipinski definition) is 4. The average Bonchev–Trinajstić information content (AvgIpc) is 3.03. The highest BCUT2D eigenvalue weighted by atomic mass is 16.5. The second kappa shape index (κ2) is 7.69. The Morgan fingerprint density at radius 2 is 2.05 bits per heavy atom. The van der Waals surface area contributed by atoms with Crippen LogP contribution in [-0.2, 0) is 6.54 Å². The lowest BCUT2D eigenvalue weighted by atomic mass is 10.1. The van der Waals surface area contributed by atoms with E-state index < -0.39 is 0 Å². The first-order valence-electron chi connectivity index (χ1n) is 7.19. The minimum atomic E-state index is 0.207. The summed E-state index contributed by atoms with van der Waals surface area (Å²) in [4.78, 5) is 4.10. The zero-order chi connectivity index (χ0) is 15.1. The van der Waals surface area contributed by atoms with Gasteiger partial charge in [0.15, 0.2) is 11.5 Å². The van der Waals surface area contributed by atoms with Crippen molar-refractivity contribution in [1.82, 2.24) is 14.9 Å². The van der Waals surface area contributed by atoms with Crippen LogP contribution in [-0.4, -0.2) is 30.3 Å². The third-order valence-electron chi connectivity index (χ3n) is 3.40. The number of ether oxygens (including phenoxy) is 2. The molecular weight excluding hydrogens is 266 g/mol. The highest BCUT2D eigenvalue weighted by Crippen LogP contribution is 2.30. The van der Waals surface area contributed by atoms with Crippen molar-refractivity contribution < 1.29 is 9.47 Å². The Balaban J connectivity index is 2.22. The molecule has 1 heterocycles. The Labute approximate surface area is 125 Å². The fourth-order valence-electron chi connectivity index (χ4n) is 2.28. The van der Waals surface area contributed by atoms with E-state index in [9.17, 15) is 0 Å². The number of nitrogens with zero attached hydrogens (tertiary/aromatic N) is 2. The first-order chi connectivity index (χ1) is 10.3. The molecule has 0 radical (unpaired) electrons. The molecule has 1 N–H and O–H groups in total. The summed E-state index contributed by atoms with van der Waals surface area (Å²) in [7, 11) is 3.31. The zero-order valence-corrected chi connectivity index (χ0v) is 12.9. The molecule has 2 rings (SSSR count). The van der Waals surface area contributed by atoms with Crippen LogP contribution in [0.1, 0.15) is 24.9 Å². The molecule has 114 valence electrons.